The Hall–Kier alpha value is -1.04. The van der Waals surface area contributed by atoms with E-state index in [4.69, 9.17) is 0 Å². The average Bonchev–Trinajstić information content (AvgIpc) is 1.75. The summed E-state index contributed by atoms with van der Waals surface area (Å²) in [6.07, 6.45) is 0.333. The number of hydrogen-bond acceptors (Lipinski definition) is 1. The van der Waals surface area contributed by atoms with Crippen LogP contribution in [0.1, 0.15) is 0 Å². The topological polar surface area (TPSA) is 12.5 Å². The smallest absolute Gasteiger partial charge is 0.0414 e. The Kier molecular flexibility index (Phi) is 0.574. The summed E-state index contributed by atoms with van der Waals surface area (Å²) in [5, 5.41) is 0. The summed E-state index contributed by atoms with van der Waals surface area (Å²) in [6.45, 7) is 4.40. The van der Waals surface area contributed by atoms with Crippen LogP contribution in [0.15, 0.2) is 0 Å². The van der Waals surface area contributed by atoms with E-state index in [0.29, 0.717) is 6.10 Å². The molecule has 1 saturated heterocycles. The molecule has 1 aliphatic heterocycles. The Morgan fingerprint density at radius 3 is 2.00 bits per heavy atom. The van der Waals surface area contributed by atoms with E-state index >= 15 is 0 Å². The van der Waals surface area contributed by atoms with Crippen LogP contribution in [0.4, 0.5) is 0 Å². The van der Waals surface area contributed by atoms with Crippen LogP contribution in [-0.4, -0.2) is 12.7 Å². The Balaban J connectivity index is 0.000000160. The molecule has 26 valence electrons. The van der Waals surface area contributed by atoms with E-state index in [1.165, 1.54) is 0 Å². The molecule has 0 aromatic carbocycles. The van der Waals surface area contributed by atoms with Crippen LogP contribution in [0.2, 0.25) is 0 Å². The molecule has 1 aliphatic rings. The zero-order valence-electron chi connectivity index (χ0n) is 3.11. The average molecular weight is 324 g/mol. The number of epoxide rings is 1. The Labute approximate surface area is 25.6 Å². The fourth-order valence-electron chi connectivity index (χ4n) is 0.0680. The molecule has 0 aromatic rings. The first-order valence-corrected chi connectivity index (χ1v) is 1.34. The van der Waals surface area contributed by atoms with E-state index in [9.17, 15) is 0 Å². The van der Waals surface area contributed by atoms with Gasteiger partial charge in [0.15, 0.2) is 0 Å². The Morgan fingerprint density at radius 2 is 2.00 bits per heavy atom. The third kappa shape index (κ3) is 0.710. The van der Waals surface area contributed by atoms with Crippen LogP contribution in [0.5, 0.6) is 0 Å². The van der Waals surface area contributed by atoms with Crippen LogP contribution in [0.3, 0.4) is 0 Å². The van der Waals surface area contributed by atoms with Gasteiger partial charge in [-0.2, -0.15) is 0 Å². The van der Waals surface area contributed by atoms with Crippen molar-refractivity contribution in [2.24, 2.45) is 0 Å². The molecule has 1 nitrogen and oxygen atoms in total. The molecule has 0 spiro atoms. The molecule has 0 radical (unpaired) electrons. The van der Waals surface area contributed by atoms with Crippen LogP contribution in [0.25, 0.3) is 0 Å². The predicted molar refractivity (Wildman–Crippen MR) is 15.1 cm³/mol. The second-order valence-corrected chi connectivity index (χ2v) is 0.955. The Bertz CT molecular complexity index is 26.1. The predicted octanol–water partition coefficient (Wildman–Crippen LogP) is 0.219. The van der Waals surface area contributed by atoms with Gasteiger partial charge in [-0.3, -0.25) is 0 Å². The van der Waals surface area contributed by atoms with Crippen molar-refractivity contribution in [2.75, 3.05) is 6.61 Å². The van der Waals surface area contributed by atoms with Crippen molar-refractivity contribution in [3.8, 4) is 0 Å². The van der Waals surface area contributed by atoms with E-state index < -0.39 is 0 Å². The van der Waals surface area contributed by atoms with Crippen molar-refractivity contribution >= 4 is 0 Å². The van der Waals surface area contributed by atoms with Crippen molar-refractivity contribution in [3.05, 3.63) is 6.92 Å². The second kappa shape index (κ2) is 0.725. The van der Waals surface area contributed by atoms with Gasteiger partial charge >= 0.3 is 0 Å². The third-order valence-electron chi connectivity index (χ3n) is 0.402. The molecule has 0 aromatic heterocycles. The fraction of sp³-hybridized carbons (Fsp3) is 0.667. The van der Waals surface area contributed by atoms with E-state index in [1.807, 2.05) is 0 Å². The molecule has 0 bridgehead atoms. The molecular formula is C3H5ORf-. The van der Waals surface area contributed by atoms with E-state index in [2.05, 4.69) is 11.7 Å². The van der Waals surface area contributed by atoms with Gasteiger partial charge in [0, 0.05) is 6.61 Å². The zero-order valence-corrected chi connectivity index (χ0v) is 9.51. The van der Waals surface area contributed by atoms with Gasteiger partial charge < -0.3 is 11.7 Å². The molecule has 1 atom stereocenters. The molecule has 1 unspecified atom stereocenters. The van der Waals surface area contributed by atoms with Gasteiger partial charge in [0.1, 0.15) is 0 Å². The van der Waals surface area contributed by atoms with E-state index in [0.717, 1.165) is 6.61 Å². The molecule has 1 fully saturated rings. The van der Waals surface area contributed by atoms with Gasteiger partial charge in [-0.05, 0) is 6.10 Å². The minimum atomic E-state index is 0. The Morgan fingerprint density at radius 1 is 1.80 bits per heavy atom. The summed E-state index contributed by atoms with van der Waals surface area (Å²) in [5.41, 5.74) is 0. The van der Waals surface area contributed by atoms with E-state index in [-0.39, 0.29) is 0 Å². The second-order valence-electron chi connectivity index (χ2n) is 0.955. The maximum atomic E-state index is 4.60. The molecule has 0 aliphatic carbocycles. The molecular weight excluding hydrogens is 319 g/mol. The van der Waals surface area contributed by atoms with Crippen LogP contribution >= 0.6 is 0 Å². The van der Waals surface area contributed by atoms with Gasteiger partial charge in [-0.25, -0.2) is 0 Å². The first-order valence-electron chi connectivity index (χ1n) is 1.34. The minimum Gasteiger partial charge on any atom is -0.408 e. The monoisotopic (exact) mass is 324 g/mol. The largest absolute Gasteiger partial charge is 0.408 e. The molecule has 2 heteroatoms. The third-order valence-corrected chi connectivity index (χ3v) is 0.402. The molecule has 0 amide bonds. The summed E-state index contributed by atoms with van der Waals surface area (Å²) in [4.78, 5) is 0. The number of rotatable bonds is 0. The first kappa shape index (κ1) is 3.96. The van der Waals surface area contributed by atoms with Gasteiger partial charge in [0.25, 0.3) is 0 Å². The van der Waals surface area contributed by atoms with Gasteiger partial charge in [0.2, 0.25) is 0 Å². The van der Waals surface area contributed by atoms with Gasteiger partial charge in [-0.1, -0.05) is 0 Å². The summed E-state index contributed by atoms with van der Waals surface area (Å²) in [7, 11) is 0. The molecule has 1 rings (SSSR count). The summed E-state index contributed by atoms with van der Waals surface area (Å²) in [5.74, 6) is 0. The molecule has 0 saturated carbocycles. The summed E-state index contributed by atoms with van der Waals surface area (Å²) >= 11 is 0. The van der Waals surface area contributed by atoms with Gasteiger partial charge in [-0.15, -0.1) is 0 Å². The number of ether oxygens (including phenoxy) is 1. The minimum absolute atomic E-state index is 0. The van der Waals surface area contributed by atoms with Crippen molar-refractivity contribution in [1.82, 2.24) is 0 Å². The molecule has 0 N–H and O–H groups in total. The van der Waals surface area contributed by atoms with Crippen molar-refractivity contribution in [1.29, 1.82) is 0 Å². The number of hydrogen-bond donors (Lipinski definition) is 0. The van der Waals surface area contributed by atoms with Crippen LogP contribution < -0.4 is 0 Å². The zero-order chi connectivity index (χ0) is 2.99. The quantitative estimate of drug-likeness (QED) is 0.459. The van der Waals surface area contributed by atoms with Crippen molar-refractivity contribution < 1.29 is 4.74 Å². The fourth-order valence-corrected chi connectivity index (χ4v) is 0.0680. The van der Waals surface area contributed by atoms with Crippen LogP contribution in [0, 0.1) is 6.92 Å². The summed E-state index contributed by atoms with van der Waals surface area (Å²) in [6, 6.07) is 0. The maximum absolute atomic E-state index is 4.60. The van der Waals surface area contributed by atoms with Crippen LogP contribution in [-0.2, 0) is 4.74 Å². The SMILES string of the molecule is [CH2-]C1CO1.[Rf]. The van der Waals surface area contributed by atoms with Crippen molar-refractivity contribution in [2.45, 2.75) is 6.10 Å². The molecule has 1 heterocycles. The summed E-state index contributed by atoms with van der Waals surface area (Å²) < 4.78 is 4.60. The van der Waals surface area contributed by atoms with Crippen molar-refractivity contribution in [3.63, 3.8) is 0 Å². The van der Waals surface area contributed by atoms with E-state index in [1.54, 1.807) is 0 Å². The standard InChI is InChI=1S/C3H5O.Rf/c1-3-2-4-3;/h3H,1-2H2;/q-1;. The maximum Gasteiger partial charge on any atom is 0.0414 e. The molecule has 5 heavy (non-hydrogen) atoms. The van der Waals surface area contributed by atoms with Gasteiger partial charge in [0.05, 0.1) is 0 Å². The first-order chi connectivity index (χ1) is 1.89. The normalized spacial score (nSPS) is 31.8.